The number of Topliss-reactive ketones (excluding diaryl/α,β-unsaturated/α-hetero) is 1. The molecule has 0 radical (unpaired) electrons. The van der Waals surface area contributed by atoms with E-state index in [1.165, 1.54) is 12.1 Å². The van der Waals surface area contributed by atoms with Crippen LogP contribution in [0.5, 0.6) is 0 Å². The minimum Gasteiger partial charge on any atom is -0.361 e. The Morgan fingerprint density at radius 3 is 2.47 bits per heavy atom. The Balaban J connectivity index is 3.55. The molecule has 6 nitrogen and oxygen atoms in total. The van der Waals surface area contributed by atoms with Gasteiger partial charge in [-0.25, -0.2) is 13.6 Å². The zero-order valence-electron chi connectivity index (χ0n) is 9.34. The second-order valence-electron chi connectivity index (χ2n) is 3.57. The molecule has 2 N–H and O–H groups in total. The van der Waals surface area contributed by atoms with Crippen molar-refractivity contribution in [1.82, 2.24) is 0 Å². The van der Waals surface area contributed by atoms with Crippen molar-refractivity contribution in [2.75, 3.05) is 0 Å². The molecule has 0 amide bonds. The molecule has 0 aromatic heterocycles. The van der Waals surface area contributed by atoms with Crippen molar-refractivity contribution in [1.29, 1.82) is 0 Å². The first-order chi connectivity index (χ1) is 7.77. The van der Waals surface area contributed by atoms with Gasteiger partial charge in [-0.15, -0.1) is 0 Å². The SMILES string of the molecule is Cc1cc(C(=O)C=[N+]=[N-])cc(S(N)(=O)=O)c1C. The lowest BCUT2D eigenvalue weighted by Gasteiger charge is -2.08. The first kappa shape index (κ1) is 13.2. The second-order valence-corrected chi connectivity index (χ2v) is 5.10. The molecule has 0 saturated heterocycles. The van der Waals surface area contributed by atoms with E-state index >= 15 is 0 Å². The van der Waals surface area contributed by atoms with Crippen molar-refractivity contribution < 1.29 is 18.0 Å². The number of rotatable bonds is 3. The Kier molecular flexibility index (Phi) is 3.57. The molecule has 0 aliphatic rings. The van der Waals surface area contributed by atoms with E-state index in [1.807, 2.05) is 0 Å². The van der Waals surface area contributed by atoms with Gasteiger partial charge in [-0.1, -0.05) is 0 Å². The summed E-state index contributed by atoms with van der Waals surface area (Å²) in [5.74, 6) is -0.597. The van der Waals surface area contributed by atoms with Gasteiger partial charge in [0, 0.05) is 5.56 Å². The summed E-state index contributed by atoms with van der Waals surface area (Å²) in [6.45, 7) is 3.26. The van der Waals surface area contributed by atoms with Crippen LogP contribution in [-0.4, -0.2) is 25.2 Å². The maximum atomic E-state index is 11.4. The lowest BCUT2D eigenvalue weighted by Crippen LogP contribution is -2.16. The van der Waals surface area contributed by atoms with E-state index in [0.717, 1.165) is 0 Å². The molecule has 1 aromatic carbocycles. The summed E-state index contributed by atoms with van der Waals surface area (Å²) >= 11 is 0. The fourth-order valence-corrected chi connectivity index (χ4v) is 2.27. The molecule has 0 spiro atoms. The summed E-state index contributed by atoms with van der Waals surface area (Å²) in [7, 11) is -3.89. The van der Waals surface area contributed by atoms with Crippen LogP contribution in [0.2, 0.25) is 0 Å². The van der Waals surface area contributed by atoms with Crippen LogP contribution in [0.25, 0.3) is 5.53 Å². The number of hydrogen-bond donors (Lipinski definition) is 1. The summed E-state index contributed by atoms with van der Waals surface area (Å²) < 4.78 is 22.6. The normalized spacial score (nSPS) is 10.8. The predicted octanol–water partition coefficient (Wildman–Crippen LogP) is 0.434. The molecule has 1 aromatic rings. The number of nitrogens with zero attached hydrogens (tertiary/aromatic N) is 2. The average molecular weight is 253 g/mol. The number of sulfonamides is 1. The van der Waals surface area contributed by atoms with Crippen LogP contribution in [0.1, 0.15) is 21.5 Å². The number of nitrogens with two attached hydrogens (primary N) is 1. The summed E-state index contributed by atoms with van der Waals surface area (Å²) in [4.78, 5) is 13.9. The van der Waals surface area contributed by atoms with E-state index in [0.29, 0.717) is 17.3 Å². The van der Waals surface area contributed by atoms with Gasteiger partial charge in [0.25, 0.3) is 5.78 Å². The van der Waals surface area contributed by atoms with Crippen LogP contribution >= 0.6 is 0 Å². The predicted molar refractivity (Wildman–Crippen MR) is 61.3 cm³/mol. The zero-order chi connectivity index (χ0) is 13.2. The summed E-state index contributed by atoms with van der Waals surface area (Å²) in [6.07, 6.45) is 0.691. The molecular formula is C10H11N3O3S. The third kappa shape index (κ3) is 2.85. The number of ketones is 1. The Morgan fingerprint density at radius 2 is 2.00 bits per heavy atom. The van der Waals surface area contributed by atoms with Gasteiger partial charge in [-0.3, -0.25) is 4.79 Å². The van der Waals surface area contributed by atoms with Gasteiger partial charge in [0.2, 0.25) is 10.0 Å². The van der Waals surface area contributed by atoms with Gasteiger partial charge in [0.1, 0.15) is 0 Å². The van der Waals surface area contributed by atoms with Crippen LogP contribution in [-0.2, 0) is 10.0 Å². The van der Waals surface area contributed by atoms with Gasteiger partial charge in [0.05, 0.1) is 4.90 Å². The topological polar surface area (TPSA) is 114 Å². The zero-order valence-corrected chi connectivity index (χ0v) is 10.2. The van der Waals surface area contributed by atoms with Crippen LogP contribution in [0, 0.1) is 13.8 Å². The number of aryl methyl sites for hydroxylation is 1. The maximum absolute atomic E-state index is 11.4. The first-order valence-electron chi connectivity index (χ1n) is 4.63. The van der Waals surface area contributed by atoms with E-state index in [4.69, 9.17) is 10.7 Å². The highest BCUT2D eigenvalue weighted by Gasteiger charge is 2.17. The molecule has 1 rings (SSSR count). The van der Waals surface area contributed by atoms with E-state index in [2.05, 4.69) is 4.79 Å². The molecule has 90 valence electrons. The number of hydrogen-bond acceptors (Lipinski definition) is 3. The molecule has 0 saturated carbocycles. The number of carbonyl (C=O) groups excluding carboxylic acids is 1. The van der Waals surface area contributed by atoms with Gasteiger partial charge in [0.15, 0.2) is 0 Å². The largest absolute Gasteiger partial charge is 0.361 e. The summed E-state index contributed by atoms with van der Waals surface area (Å²) in [6, 6.07) is 2.68. The molecule has 0 heterocycles. The van der Waals surface area contributed by atoms with E-state index in [9.17, 15) is 13.2 Å². The highest BCUT2D eigenvalue weighted by Crippen LogP contribution is 2.20. The van der Waals surface area contributed by atoms with Crippen molar-refractivity contribution in [2.24, 2.45) is 5.14 Å². The summed E-state index contributed by atoms with van der Waals surface area (Å²) in [5, 5.41) is 5.05. The molecule has 0 atom stereocenters. The smallest absolute Gasteiger partial charge is 0.328 e. The molecule has 0 aliphatic carbocycles. The highest BCUT2D eigenvalue weighted by molar-refractivity contribution is 7.89. The Morgan fingerprint density at radius 1 is 1.41 bits per heavy atom. The van der Waals surface area contributed by atoms with Crippen molar-refractivity contribution in [3.8, 4) is 0 Å². The van der Waals surface area contributed by atoms with E-state index < -0.39 is 15.8 Å². The van der Waals surface area contributed by atoms with Gasteiger partial charge >= 0.3 is 6.21 Å². The number of primary sulfonamides is 1. The van der Waals surface area contributed by atoms with Crippen molar-refractivity contribution in [3.63, 3.8) is 0 Å². The van der Waals surface area contributed by atoms with Crippen molar-refractivity contribution in [2.45, 2.75) is 18.7 Å². The standard InChI is InChI=1S/C10H11N3O3S/c1-6-3-8(9(14)5-13-11)4-10(7(6)2)17(12,15)16/h3-5H,1-2H3,(H2,12,15,16). The van der Waals surface area contributed by atoms with Crippen LogP contribution < -0.4 is 5.14 Å². The first-order valence-corrected chi connectivity index (χ1v) is 6.18. The molecular weight excluding hydrogens is 242 g/mol. The summed E-state index contributed by atoms with van der Waals surface area (Å²) in [5.41, 5.74) is 9.47. The van der Waals surface area contributed by atoms with Gasteiger partial charge in [-0.2, -0.15) is 4.79 Å². The van der Waals surface area contributed by atoms with E-state index in [1.54, 1.807) is 13.8 Å². The minimum atomic E-state index is -3.89. The molecule has 0 aliphatic heterocycles. The number of carbonyl (C=O) groups is 1. The van der Waals surface area contributed by atoms with Crippen molar-refractivity contribution >= 4 is 22.0 Å². The molecule has 0 bridgehead atoms. The monoisotopic (exact) mass is 253 g/mol. The van der Waals surface area contributed by atoms with Gasteiger partial charge in [-0.05, 0) is 37.1 Å². The van der Waals surface area contributed by atoms with Crippen LogP contribution in [0.4, 0.5) is 0 Å². The lowest BCUT2D eigenvalue weighted by atomic mass is 10.0. The second kappa shape index (κ2) is 4.58. The lowest BCUT2D eigenvalue weighted by molar-refractivity contribution is 0.00234. The van der Waals surface area contributed by atoms with Crippen molar-refractivity contribution in [3.05, 3.63) is 34.4 Å². The highest BCUT2D eigenvalue weighted by atomic mass is 32.2. The Hall–Kier alpha value is -1.82. The Bertz CT molecular complexity index is 628. The van der Waals surface area contributed by atoms with Gasteiger partial charge < -0.3 is 5.53 Å². The molecule has 0 fully saturated rings. The van der Waals surface area contributed by atoms with Crippen LogP contribution in [0.15, 0.2) is 17.0 Å². The number of benzene rings is 1. The van der Waals surface area contributed by atoms with E-state index in [-0.39, 0.29) is 10.5 Å². The molecule has 17 heavy (non-hydrogen) atoms. The third-order valence-corrected chi connectivity index (χ3v) is 3.42. The third-order valence-electron chi connectivity index (χ3n) is 2.39. The minimum absolute atomic E-state index is 0.104. The quantitative estimate of drug-likeness (QED) is 0.364. The average Bonchev–Trinajstić information content (AvgIpc) is 2.20. The molecule has 7 heteroatoms. The maximum Gasteiger partial charge on any atom is 0.328 e. The molecule has 0 unspecified atom stereocenters. The van der Waals surface area contributed by atoms with Crippen LogP contribution in [0.3, 0.4) is 0 Å². The fourth-order valence-electron chi connectivity index (χ4n) is 1.39. The fraction of sp³-hybridized carbons (Fsp3) is 0.200. The Labute approximate surface area is 98.7 Å².